The minimum Gasteiger partial charge on any atom is -0.370 e. The van der Waals surface area contributed by atoms with E-state index in [1.807, 2.05) is 6.07 Å². The summed E-state index contributed by atoms with van der Waals surface area (Å²) in [6, 6.07) is 27.6. The number of aryl methyl sites for hydroxylation is 2. The van der Waals surface area contributed by atoms with Crippen molar-refractivity contribution in [1.82, 2.24) is 4.57 Å². The Bertz CT molecular complexity index is 1130. The maximum Gasteiger partial charge on any atom is 0.218 e. The maximum atomic E-state index is 11.9. The third-order valence-corrected chi connectivity index (χ3v) is 5.80. The van der Waals surface area contributed by atoms with Crippen LogP contribution in [0.4, 0.5) is 0 Å². The van der Waals surface area contributed by atoms with Gasteiger partial charge in [0.05, 0.1) is 0 Å². The van der Waals surface area contributed by atoms with E-state index in [2.05, 4.69) is 90.5 Å². The van der Waals surface area contributed by atoms with Crippen LogP contribution >= 0.6 is 0 Å². The van der Waals surface area contributed by atoms with Gasteiger partial charge in [-0.2, -0.15) is 0 Å². The minimum atomic E-state index is -0.247. The monoisotopic (exact) mass is 396 g/mol. The molecular weight excluding hydrogens is 368 g/mol. The van der Waals surface area contributed by atoms with Gasteiger partial charge in [-0.3, -0.25) is 4.79 Å². The number of nitrogens with two attached hydrogens (primary N) is 1. The molecule has 0 aliphatic heterocycles. The Morgan fingerprint density at radius 3 is 2.33 bits per heavy atom. The van der Waals surface area contributed by atoms with Crippen LogP contribution in [-0.4, -0.2) is 10.5 Å². The lowest BCUT2D eigenvalue weighted by atomic mass is 9.89. The molecule has 2 N–H and O–H groups in total. The van der Waals surface area contributed by atoms with E-state index in [9.17, 15) is 4.79 Å². The molecule has 3 heteroatoms. The van der Waals surface area contributed by atoms with E-state index in [1.165, 1.54) is 33.2 Å². The topological polar surface area (TPSA) is 48.0 Å². The molecule has 0 aliphatic carbocycles. The number of hydrogen-bond acceptors (Lipinski definition) is 1. The van der Waals surface area contributed by atoms with E-state index >= 15 is 0 Å². The Morgan fingerprint density at radius 1 is 0.900 bits per heavy atom. The first-order chi connectivity index (χ1) is 14.6. The molecule has 0 bridgehead atoms. The standard InChI is InChI=1S/C27H28N2O/c1-20-11-13-22(14-12-20)18-29-19-25(24-9-5-6-10-26(24)29)23(17-27(28)30)16-15-21-7-3-2-4-8-21/h2-14,19,23H,15-18H2,1H3,(H2,28,30)/t23-/m0/s1. The molecule has 1 aromatic heterocycles. The molecule has 1 amide bonds. The molecule has 0 saturated carbocycles. The molecule has 4 rings (SSSR count). The molecule has 0 radical (unpaired) electrons. The average Bonchev–Trinajstić information content (AvgIpc) is 3.12. The Hall–Kier alpha value is -3.33. The fourth-order valence-electron chi connectivity index (χ4n) is 4.22. The highest BCUT2D eigenvalue weighted by Crippen LogP contribution is 2.33. The van der Waals surface area contributed by atoms with Crippen molar-refractivity contribution in [3.8, 4) is 0 Å². The highest BCUT2D eigenvalue weighted by Gasteiger charge is 2.20. The summed E-state index contributed by atoms with van der Waals surface area (Å²) in [4.78, 5) is 11.9. The summed E-state index contributed by atoms with van der Waals surface area (Å²) < 4.78 is 2.30. The van der Waals surface area contributed by atoms with E-state index in [0.717, 1.165) is 19.4 Å². The van der Waals surface area contributed by atoms with Gasteiger partial charge < -0.3 is 10.3 Å². The Labute approximate surface area is 178 Å². The first-order valence-corrected chi connectivity index (χ1v) is 10.6. The molecule has 1 atom stereocenters. The van der Waals surface area contributed by atoms with Crippen molar-refractivity contribution in [3.05, 3.63) is 107 Å². The van der Waals surface area contributed by atoms with E-state index in [4.69, 9.17) is 5.73 Å². The number of nitrogens with zero attached hydrogens (tertiary/aromatic N) is 1. The lowest BCUT2D eigenvalue weighted by Crippen LogP contribution is -2.16. The summed E-state index contributed by atoms with van der Waals surface area (Å²) in [5.74, 6) is -0.143. The highest BCUT2D eigenvalue weighted by molar-refractivity contribution is 5.85. The van der Waals surface area contributed by atoms with Crippen LogP contribution in [0.3, 0.4) is 0 Å². The normalized spacial score (nSPS) is 12.2. The number of para-hydroxylation sites is 1. The zero-order valence-corrected chi connectivity index (χ0v) is 17.4. The average molecular weight is 397 g/mol. The first kappa shape index (κ1) is 20.0. The Morgan fingerprint density at radius 2 is 1.60 bits per heavy atom. The number of primary amides is 1. The van der Waals surface area contributed by atoms with Crippen molar-refractivity contribution in [2.24, 2.45) is 5.73 Å². The number of carbonyl (C=O) groups is 1. The van der Waals surface area contributed by atoms with Gasteiger partial charge in [0.1, 0.15) is 0 Å². The van der Waals surface area contributed by atoms with Crippen LogP contribution in [0, 0.1) is 6.92 Å². The van der Waals surface area contributed by atoms with E-state index < -0.39 is 0 Å². The SMILES string of the molecule is Cc1ccc(Cn2cc([C@@H](CCc3ccccc3)CC(N)=O)c3ccccc32)cc1. The first-order valence-electron chi connectivity index (χ1n) is 10.6. The second-order valence-electron chi connectivity index (χ2n) is 8.11. The van der Waals surface area contributed by atoms with Gasteiger partial charge in [0.25, 0.3) is 0 Å². The molecule has 1 heterocycles. The number of benzene rings is 3. The van der Waals surface area contributed by atoms with Crippen molar-refractivity contribution in [2.75, 3.05) is 0 Å². The Balaban J connectivity index is 1.67. The molecule has 30 heavy (non-hydrogen) atoms. The van der Waals surface area contributed by atoms with Gasteiger partial charge in [-0.05, 0) is 48.4 Å². The lowest BCUT2D eigenvalue weighted by molar-refractivity contribution is -0.118. The molecule has 152 valence electrons. The van der Waals surface area contributed by atoms with Crippen LogP contribution in [0.1, 0.15) is 41.0 Å². The lowest BCUT2D eigenvalue weighted by Gasteiger charge is -2.15. The smallest absolute Gasteiger partial charge is 0.218 e. The summed E-state index contributed by atoms with van der Waals surface area (Å²) in [5, 5.41) is 1.21. The van der Waals surface area contributed by atoms with Crippen LogP contribution in [0.15, 0.2) is 85.1 Å². The number of rotatable bonds is 8. The van der Waals surface area contributed by atoms with Crippen LogP contribution in [0.25, 0.3) is 10.9 Å². The van der Waals surface area contributed by atoms with Crippen LogP contribution < -0.4 is 5.73 Å². The molecule has 4 aromatic rings. The number of aromatic nitrogens is 1. The zero-order valence-electron chi connectivity index (χ0n) is 17.4. The molecule has 3 aromatic carbocycles. The van der Waals surface area contributed by atoms with Crippen LogP contribution in [0.5, 0.6) is 0 Å². The summed E-state index contributed by atoms with van der Waals surface area (Å²) in [6.45, 7) is 2.91. The van der Waals surface area contributed by atoms with Gasteiger partial charge in [0.15, 0.2) is 0 Å². The van der Waals surface area contributed by atoms with E-state index in [0.29, 0.717) is 6.42 Å². The largest absolute Gasteiger partial charge is 0.370 e. The van der Waals surface area contributed by atoms with Crippen molar-refractivity contribution in [2.45, 2.75) is 38.6 Å². The minimum absolute atomic E-state index is 0.104. The maximum absolute atomic E-state index is 11.9. The van der Waals surface area contributed by atoms with Gasteiger partial charge in [0.2, 0.25) is 5.91 Å². The van der Waals surface area contributed by atoms with Gasteiger partial charge in [-0.15, -0.1) is 0 Å². The molecule has 3 nitrogen and oxygen atoms in total. The van der Waals surface area contributed by atoms with E-state index in [1.54, 1.807) is 0 Å². The number of fused-ring (bicyclic) bond motifs is 1. The molecule has 0 unspecified atom stereocenters. The number of hydrogen-bond donors (Lipinski definition) is 1. The molecule has 0 aliphatic rings. The van der Waals surface area contributed by atoms with E-state index in [-0.39, 0.29) is 11.8 Å². The van der Waals surface area contributed by atoms with Gasteiger partial charge in [-0.25, -0.2) is 0 Å². The quantitative estimate of drug-likeness (QED) is 0.415. The highest BCUT2D eigenvalue weighted by atomic mass is 16.1. The second kappa shape index (κ2) is 9.00. The predicted molar refractivity (Wildman–Crippen MR) is 124 cm³/mol. The molecule has 0 saturated heterocycles. The molecule has 0 fully saturated rings. The zero-order chi connectivity index (χ0) is 20.9. The third kappa shape index (κ3) is 4.62. The van der Waals surface area contributed by atoms with Crippen molar-refractivity contribution < 1.29 is 4.79 Å². The predicted octanol–water partition coefficient (Wildman–Crippen LogP) is 5.59. The van der Waals surface area contributed by atoms with Crippen LogP contribution in [0.2, 0.25) is 0 Å². The van der Waals surface area contributed by atoms with Crippen molar-refractivity contribution >= 4 is 16.8 Å². The van der Waals surface area contributed by atoms with Gasteiger partial charge >= 0.3 is 0 Å². The van der Waals surface area contributed by atoms with Crippen molar-refractivity contribution in [1.29, 1.82) is 0 Å². The fraction of sp³-hybridized carbons (Fsp3) is 0.222. The summed E-state index contributed by atoms with van der Waals surface area (Å²) in [5.41, 5.74) is 11.9. The van der Waals surface area contributed by atoms with Crippen LogP contribution in [-0.2, 0) is 17.8 Å². The fourth-order valence-corrected chi connectivity index (χ4v) is 4.22. The van der Waals surface area contributed by atoms with Gasteiger partial charge in [-0.1, -0.05) is 78.4 Å². The van der Waals surface area contributed by atoms with Crippen molar-refractivity contribution in [3.63, 3.8) is 0 Å². The second-order valence-corrected chi connectivity index (χ2v) is 8.11. The third-order valence-electron chi connectivity index (χ3n) is 5.80. The molecular formula is C27H28N2O. The Kier molecular flexibility index (Phi) is 5.99. The molecule has 0 spiro atoms. The summed E-state index contributed by atoms with van der Waals surface area (Å²) in [6.07, 6.45) is 4.41. The summed E-state index contributed by atoms with van der Waals surface area (Å²) >= 11 is 0. The number of amides is 1. The van der Waals surface area contributed by atoms with Gasteiger partial charge in [0, 0.05) is 30.1 Å². The number of carbonyl (C=O) groups excluding carboxylic acids is 1. The summed E-state index contributed by atoms with van der Waals surface area (Å²) in [7, 11) is 0.